The summed E-state index contributed by atoms with van der Waals surface area (Å²) >= 11 is 0. The molecule has 1 saturated heterocycles. The molecule has 0 spiro atoms. The van der Waals surface area contributed by atoms with Gasteiger partial charge in [0.05, 0.1) is 32.0 Å². The summed E-state index contributed by atoms with van der Waals surface area (Å²) in [5.41, 5.74) is 0. The van der Waals surface area contributed by atoms with Crippen molar-refractivity contribution in [2.75, 3.05) is 19.8 Å². The normalized spacial score (nSPS) is 19.3. The van der Waals surface area contributed by atoms with E-state index < -0.39 is 49.5 Å². The predicted octanol–water partition coefficient (Wildman–Crippen LogP) is 13.7. The molecule has 0 radical (unpaired) electrons. The number of rotatable bonds is 51. The van der Waals surface area contributed by atoms with Crippen LogP contribution in [0.1, 0.15) is 264 Å². The highest BCUT2D eigenvalue weighted by atomic mass is 16.7. The molecular weight excluding hydrogens is 907 g/mol. The second-order valence-corrected chi connectivity index (χ2v) is 20.7. The van der Waals surface area contributed by atoms with Crippen LogP contribution in [0.3, 0.4) is 0 Å². The highest BCUT2D eigenvalue weighted by molar-refractivity contribution is 5.76. The third kappa shape index (κ3) is 40.0. The van der Waals surface area contributed by atoms with Crippen molar-refractivity contribution in [3.63, 3.8) is 0 Å². The first kappa shape index (κ1) is 67.6. The highest BCUT2D eigenvalue weighted by Crippen LogP contribution is 2.23. The average Bonchev–Trinajstić information content (AvgIpc) is 3.38. The van der Waals surface area contributed by atoms with Crippen LogP contribution >= 0.6 is 0 Å². The summed E-state index contributed by atoms with van der Waals surface area (Å²) < 4.78 is 16.6. The molecule has 0 aromatic heterocycles. The van der Waals surface area contributed by atoms with Gasteiger partial charge in [-0.1, -0.05) is 223 Å². The second-order valence-electron chi connectivity index (χ2n) is 20.7. The minimum Gasteiger partial charge on any atom is -0.466 e. The number of hydrogen-bond donors (Lipinski definition) is 6. The number of carbonyl (C=O) groups is 2. The van der Waals surface area contributed by atoms with Crippen LogP contribution in [-0.2, 0) is 23.8 Å². The molecule has 1 heterocycles. The first-order chi connectivity index (χ1) is 35.2. The number of esters is 1. The maximum absolute atomic E-state index is 13.0. The van der Waals surface area contributed by atoms with Gasteiger partial charge in [0.1, 0.15) is 24.4 Å². The predicted molar refractivity (Wildman–Crippen MR) is 297 cm³/mol. The van der Waals surface area contributed by atoms with Crippen LogP contribution in [-0.4, -0.2) is 100 Å². The highest BCUT2D eigenvalue weighted by Gasteiger charge is 2.44. The third-order valence-corrected chi connectivity index (χ3v) is 13.9. The van der Waals surface area contributed by atoms with Crippen molar-refractivity contribution in [1.29, 1.82) is 0 Å². The number of carbonyl (C=O) groups excluding carboxylic acids is 2. The lowest BCUT2D eigenvalue weighted by molar-refractivity contribution is -0.302. The van der Waals surface area contributed by atoms with Crippen molar-refractivity contribution >= 4 is 11.9 Å². The van der Waals surface area contributed by atoms with Gasteiger partial charge in [-0.3, -0.25) is 9.59 Å². The van der Waals surface area contributed by atoms with Gasteiger partial charge in [-0.2, -0.15) is 0 Å². The van der Waals surface area contributed by atoms with Crippen molar-refractivity contribution in [1.82, 2.24) is 5.32 Å². The Balaban J connectivity index is 2.05. The van der Waals surface area contributed by atoms with E-state index in [1.54, 1.807) is 6.08 Å². The summed E-state index contributed by atoms with van der Waals surface area (Å²) in [6.07, 6.45) is 53.7. The van der Waals surface area contributed by atoms with Crippen molar-refractivity contribution in [3.8, 4) is 0 Å². The zero-order chi connectivity index (χ0) is 52.4. The zero-order valence-electron chi connectivity index (χ0n) is 46.1. The number of amides is 1. The Hall–Kier alpha value is -2.38. The van der Waals surface area contributed by atoms with E-state index in [1.807, 2.05) is 6.08 Å². The topological polar surface area (TPSA) is 175 Å². The van der Waals surface area contributed by atoms with E-state index in [0.717, 1.165) is 89.9 Å². The first-order valence-electron chi connectivity index (χ1n) is 29.9. The summed E-state index contributed by atoms with van der Waals surface area (Å²) in [6.45, 7) is 4.23. The van der Waals surface area contributed by atoms with Gasteiger partial charge in [0.15, 0.2) is 6.29 Å². The van der Waals surface area contributed by atoms with Crippen LogP contribution in [0.15, 0.2) is 48.6 Å². The molecule has 7 atom stereocenters. The summed E-state index contributed by atoms with van der Waals surface area (Å²) in [5, 5.41) is 54.1. The second kappa shape index (κ2) is 50.8. The first-order valence-corrected chi connectivity index (χ1v) is 29.9. The summed E-state index contributed by atoms with van der Waals surface area (Å²) in [4.78, 5) is 25.0. The molecule has 420 valence electrons. The number of nitrogens with one attached hydrogen (secondary N) is 1. The van der Waals surface area contributed by atoms with Crippen molar-refractivity contribution in [3.05, 3.63) is 48.6 Å². The maximum atomic E-state index is 13.0. The number of aliphatic hydroxyl groups is 5. The lowest BCUT2D eigenvalue weighted by Crippen LogP contribution is -2.60. The number of hydrogen-bond acceptors (Lipinski definition) is 10. The van der Waals surface area contributed by atoms with E-state index in [4.69, 9.17) is 14.2 Å². The molecular formula is C61H111NO10. The number of aliphatic hydroxyl groups excluding tert-OH is 5. The molecule has 11 nitrogen and oxygen atoms in total. The van der Waals surface area contributed by atoms with Gasteiger partial charge in [-0.05, 0) is 77.0 Å². The van der Waals surface area contributed by atoms with Crippen LogP contribution in [0.4, 0.5) is 0 Å². The molecule has 0 aromatic rings. The molecule has 72 heavy (non-hydrogen) atoms. The number of allylic oxidation sites excluding steroid dienone is 7. The van der Waals surface area contributed by atoms with Gasteiger partial charge >= 0.3 is 5.97 Å². The van der Waals surface area contributed by atoms with E-state index >= 15 is 0 Å². The Labute approximate surface area is 440 Å². The van der Waals surface area contributed by atoms with E-state index in [0.29, 0.717) is 19.4 Å². The molecule has 0 saturated carbocycles. The molecule has 0 bridgehead atoms. The zero-order valence-corrected chi connectivity index (χ0v) is 46.1. The van der Waals surface area contributed by atoms with E-state index in [2.05, 4.69) is 55.6 Å². The van der Waals surface area contributed by atoms with Gasteiger partial charge in [-0.25, -0.2) is 0 Å². The molecule has 0 aliphatic carbocycles. The molecule has 7 unspecified atom stereocenters. The third-order valence-electron chi connectivity index (χ3n) is 13.9. The van der Waals surface area contributed by atoms with Crippen LogP contribution in [0, 0.1) is 0 Å². The molecule has 1 fully saturated rings. The van der Waals surface area contributed by atoms with Gasteiger partial charge in [0, 0.05) is 12.8 Å². The molecule has 1 aliphatic heterocycles. The SMILES string of the molecule is CCCCC/C=C/CC/C=C/C(O)C(COC1OC(CO)C(O)C(O)C1O)NC(=O)CCCCCCCCCCCC/C=C\C=C/CCCCCOC(=O)CCCCCCCCCCCCCCCCCC. The molecule has 6 N–H and O–H groups in total. The molecule has 1 amide bonds. The van der Waals surface area contributed by atoms with E-state index in [-0.39, 0.29) is 18.5 Å². The van der Waals surface area contributed by atoms with Crippen molar-refractivity contribution in [2.24, 2.45) is 0 Å². The largest absolute Gasteiger partial charge is 0.466 e. The summed E-state index contributed by atoms with van der Waals surface area (Å²) in [7, 11) is 0. The quantitative estimate of drug-likeness (QED) is 0.0149. The maximum Gasteiger partial charge on any atom is 0.305 e. The van der Waals surface area contributed by atoms with E-state index in [1.165, 1.54) is 148 Å². The molecule has 11 heteroatoms. The lowest BCUT2D eigenvalue weighted by Gasteiger charge is -2.40. The minimum atomic E-state index is -1.58. The van der Waals surface area contributed by atoms with Crippen molar-refractivity contribution in [2.45, 2.75) is 307 Å². The Kier molecular flexibility index (Phi) is 47.7. The van der Waals surface area contributed by atoms with Gasteiger partial charge in [0.25, 0.3) is 0 Å². The fourth-order valence-electron chi connectivity index (χ4n) is 9.15. The van der Waals surface area contributed by atoms with Gasteiger partial charge < -0.3 is 45.1 Å². The lowest BCUT2D eigenvalue weighted by atomic mass is 9.99. The van der Waals surface area contributed by atoms with Crippen molar-refractivity contribution < 1.29 is 49.3 Å². The Morgan fingerprint density at radius 2 is 0.944 bits per heavy atom. The van der Waals surface area contributed by atoms with Crippen LogP contribution in [0.25, 0.3) is 0 Å². The van der Waals surface area contributed by atoms with Gasteiger partial charge in [0.2, 0.25) is 5.91 Å². The van der Waals surface area contributed by atoms with Crippen LogP contribution in [0.5, 0.6) is 0 Å². The fourth-order valence-corrected chi connectivity index (χ4v) is 9.15. The summed E-state index contributed by atoms with van der Waals surface area (Å²) in [5.74, 6) is -0.231. The molecule has 1 rings (SSSR count). The minimum absolute atomic E-state index is 0.0260. The number of unbranched alkanes of at least 4 members (excludes halogenated alkanes) is 32. The number of ether oxygens (including phenoxy) is 3. The average molecular weight is 1020 g/mol. The Morgan fingerprint density at radius 3 is 1.49 bits per heavy atom. The molecule has 1 aliphatic rings. The van der Waals surface area contributed by atoms with Crippen LogP contribution < -0.4 is 5.32 Å². The monoisotopic (exact) mass is 1020 g/mol. The molecule has 0 aromatic carbocycles. The standard InChI is InChI=1S/C61H111NO10/c1-3-5-7-9-11-13-14-15-16-23-26-29-33-37-41-45-49-57(66)70-50-46-42-38-34-30-27-24-21-19-17-18-20-22-25-28-32-36-40-44-48-56(65)62-53(54(64)47-43-39-35-31-12-10-8-6-4-2)52-71-61-60(69)59(68)58(67)55(51-63)72-61/h12,21,24,27,30-31,43,47,53-55,58-61,63-64,67-69H,3-11,13-20,22-23,25-26,28-29,32-42,44-46,48-52H2,1-2H3,(H,62,65)/b24-21-,30-27-,31-12+,47-43+. The Bertz CT molecular complexity index is 1340. The van der Waals surface area contributed by atoms with Crippen LogP contribution in [0.2, 0.25) is 0 Å². The Morgan fingerprint density at radius 1 is 0.514 bits per heavy atom. The van der Waals surface area contributed by atoms with E-state index in [9.17, 15) is 35.1 Å². The summed E-state index contributed by atoms with van der Waals surface area (Å²) in [6, 6.07) is -0.834. The van der Waals surface area contributed by atoms with Gasteiger partial charge in [-0.15, -0.1) is 0 Å². The fraction of sp³-hybridized carbons (Fsp3) is 0.836. The smallest absolute Gasteiger partial charge is 0.305 e.